The number of hydrogen-bond donors (Lipinski definition) is 2. The largest absolute Gasteiger partial charge is 0.369 e. The van der Waals surface area contributed by atoms with E-state index in [1.54, 1.807) is 12.1 Å². The van der Waals surface area contributed by atoms with Crippen LogP contribution in [0.1, 0.15) is 5.56 Å². The van der Waals surface area contributed by atoms with Crippen LogP contribution in [0.5, 0.6) is 0 Å². The van der Waals surface area contributed by atoms with Crippen LogP contribution in [0.15, 0.2) is 18.2 Å². The van der Waals surface area contributed by atoms with Gasteiger partial charge in [0.1, 0.15) is 5.82 Å². The van der Waals surface area contributed by atoms with E-state index in [1.165, 1.54) is 0 Å². The maximum absolute atomic E-state index is 6.03. The first-order valence-electron chi connectivity index (χ1n) is 5.51. The molecule has 0 spiro atoms. The smallest absolute Gasteiger partial charge is 0.222 e. The second-order valence-electron chi connectivity index (χ2n) is 4.06. The molecule has 0 bridgehead atoms. The summed E-state index contributed by atoms with van der Waals surface area (Å²) in [6.07, 6.45) is 0.880. The maximum Gasteiger partial charge on any atom is 0.222 e. The molecule has 0 aliphatic carbocycles. The number of nitrogens with zero attached hydrogens (tertiary/aromatic N) is 2. The Bertz CT molecular complexity index is 628. The van der Waals surface area contributed by atoms with E-state index >= 15 is 0 Å². The summed E-state index contributed by atoms with van der Waals surface area (Å²) in [5.41, 5.74) is 8.51. The zero-order valence-electron chi connectivity index (χ0n) is 9.37. The van der Waals surface area contributed by atoms with Crippen molar-refractivity contribution in [2.24, 2.45) is 0 Å². The fourth-order valence-corrected chi connectivity index (χ4v) is 2.37. The topological polar surface area (TPSA) is 63.8 Å². The summed E-state index contributed by atoms with van der Waals surface area (Å²) >= 11 is 11.9. The Morgan fingerprint density at radius 1 is 1.17 bits per heavy atom. The van der Waals surface area contributed by atoms with Gasteiger partial charge in [-0.25, -0.2) is 4.98 Å². The molecule has 1 aliphatic heterocycles. The predicted octanol–water partition coefficient (Wildman–Crippen LogP) is 3.00. The highest BCUT2D eigenvalue weighted by Crippen LogP contribution is 2.33. The lowest BCUT2D eigenvalue weighted by molar-refractivity contribution is 1.09. The second-order valence-corrected chi connectivity index (χ2v) is 4.88. The fraction of sp³-hybridized carbons (Fsp3) is 0.167. The number of fused-ring (bicyclic) bond motifs is 1. The molecule has 3 N–H and O–H groups in total. The summed E-state index contributed by atoms with van der Waals surface area (Å²) in [6.45, 7) is 0.849. The number of nitrogens with two attached hydrogens (primary N) is 1. The van der Waals surface area contributed by atoms with Gasteiger partial charge in [0.25, 0.3) is 0 Å². The van der Waals surface area contributed by atoms with Gasteiger partial charge in [0.2, 0.25) is 5.95 Å². The van der Waals surface area contributed by atoms with Gasteiger partial charge in [0, 0.05) is 17.7 Å². The Morgan fingerprint density at radius 3 is 2.78 bits per heavy atom. The van der Waals surface area contributed by atoms with E-state index in [1.807, 2.05) is 6.07 Å². The lowest BCUT2D eigenvalue weighted by Gasteiger charge is -2.08. The highest BCUT2D eigenvalue weighted by molar-refractivity contribution is 6.42. The van der Waals surface area contributed by atoms with Gasteiger partial charge in [0.15, 0.2) is 0 Å². The number of benzene rings is 1. The zero-order chi connectivity index (χ0) is 12.7. The average Bonchev–Trinajstić information content (AvgIpc) is 2.79. The van der Waals surface area contributed by atoms with Crippen LogP contribution in [0.4, 0.5) is 11.8 Å². The van der Waals surface area contributed by atoms with Crippen LogP contribution in [0.25, 0.3) is 11.3 Å². The van der Waals surface area contributed by atoms with Gasteiger partial charge in [-0.1, -0.05) is 29.3 Å². The minimum absolute atomic E-state index is 0.254. The van der Waals surface area contributed by atoms with Crippen LogP contribution in [-0.2, 0) is 6.42 Å². The number of nitrogen functional groups attached to an aromatic ring is 1. The van der Waals surface area contributed by atoms with Crippen LogP contribution in [0.3, 0.4) is 0 Å². The average molecular weight is 281 g/mol. The molecule has 0 saturated heterocycles. The van der Waals surface area contributed by atoms with E-state index in [-0.39, 0.29) is 5.95 Å². The molecule has 1 aromatic carbocycles. The zero-order valence-corrected chi connectivity index (χ0v) is 10.9. The normalized spacial score (nSPS) is 13.2. The van der Waals surface area contributed by atoms with Gasteiger partial charge in [-0.05, 0) is 18.6 Å². The molecule has 1 aromatic heterocycles. The lowest BCUT2D eigenvalue weighted by Crippen LogP contribution is -2.01. The van der Waals surface area contributed by atoms with Crippen molar-refractivity contribution < 1.29 is 0 Å². The monoisotopic (exact) mass is 280 g/mol. The molecule has 2 heterocycles. The van der Waals surface area contributed by atoms with Gasteiger partial charge in [-0.3, -0.25) is 0 Å². The molecular formula is C12H10Cl2N4. The number of halogens is 2. The van der Waals surface area contributed by atoms with Gasteiger partial charge < -0.3 is 11.1 Å². The molecule has 3 rings (SSSR count). The van der Waals surface area contributed by atoms with Gasteiger partial charge in [-0.15, -0.1) is 0 Å². The Balaban J connectivity index is 2.19. The minimum Gasteiger partial charge on any atom is -0.369 e. The van der Waals surface area contributed by atoms with E-state index in [2.05, 4.69) is 15.3 Å². The maximum atomic E-state index is 6.03. The third kappa shape index (κ3) is 1.87. The van der Waals surface area contributed by atoms with Crippen molar-refractivity contribution in [1.82, 2.24) is 9.97 Å². The van der Waals surface area contributed by atoms with Crippen molar-refractivity contribution in [3.8, 4) is 11.3 Å². The van der Waals surface area contributed by atoms with E-state index < -0.39 is 0 Å². The summed E-state index contributed by atoms with van der Waals surface area (Å²) in [6, 6.07) is 5.44. The van der Waals surface area contributed by atoms with Crippen molar-refractivity contribution in [3.05, 3.63) is 33.8 Å². The SMILES string of the molecule is Nc1nc2c(c(-c3ccc(Cl)c(Cl)c3)n1)CCN2. The summed E-state index contributed by atoms with van der Waals surface area (Å²) < 4.78 is 0. The van der Waals surface area contributed by atoms with Crippen molar-refractivity contribution in [1.29, 1.82) is 0 Å². The van der Waals surface area contributed by atoms with Crippen LogP contribution < -0.4 is 11.1 Å². The van der Waals surface area contributed by atoms with Crippen molar-refractivity contribution in [2.75, 3.05) is 17.6 Å². The van der Waals surface area contributed by atoms with Crippen LogP contribution in [-0.4, -0.2) is 16.5 Å². The van der Waals surface area contributed by atoms with E-state index in [9.17, 15) is 0 Å². The third-order valence-corrected chi connectivity index (χ3v) is 3.62. The summed E-state index contributed by atoms with van der Waals surface area (Å²) in [5.74, 6) is 1.06. The molecule has 0 amide bonds. The van der Waals surface area contributed by atoms with E-state index in [0.717, 1.165) is 35.6 Å². The lowest BCUT2D eigenvalue weighted by atomic mass is 10.1. The molecular weight excluding hydrogens is 271 g/mol. The summed E-state index contributed by atoms with van der Waals surface area (Å²) in [4.78, 5) is 8.49. The molecule has 4 nitrogen and oxygen atoms in total. The number of nitrogens with one attached hydrogen (secondary N) is 1. The van der Waals surface area contributed by atoms with Crippen molar-refractivity contribution in [3.63, 3.8) is 0 Å². The standard InChI is InChI=1S/C12H10Cl2N4/c13-8-2-1-6(5-9(8)14)10-7-3-4-16-11(7)18-12(15)17-10/h1-2,5H,3-4H2,(H3,15,16,17,18). The molecule has 2 aromatic rings. The fourth-order valence-electron chi connectivity index (χ4n) is 2.07. The second kappa shape index (κ2) is 4.30. The predicted molar refractivity (Wildman–Crippen MR) is 74.1 cm³/mol. The molecule has 0 radical (unpaired) electrons. The third-order valence-electron chi connectivity index (χ3n) is 2.88. The van der Waals surface area contributed by atoms with Gasteiger partial charge in [0.05, 0.1) is 15.7 Å². The molecule has 0 saturated carbocycles. The number of anilines is 2. The first kappa shape index (κ1) is 11.6. The Kier molecular flexibility index (Phi) is 2.76. The molecule has 18 heavy (non-hydrogen) atoms. The molecule has 0 unspecified atom stereocenters. The Hall–Kier alpha value is -1.52. The number of aromatic nitrogens is 2. The van der Waals surface area contributed by atoms with Crippen LogP contribution >= 0.6 is 23.2 Å². The first-order valence-corrected chi connectivity index (χ1v) is 6.26. The van der Waals surface area contributed by atoms with Crippen LogP contribution in [0, 0.1) is 0 Å². The highest BCUT2D eigenvalue weighted by Gasteiger charge is 2.19. The molecule has 6 heteroatoms. The highest BCUT2D eigenvalue weighted by atomic mass is 35.5. The molecule has 0 fully saturated rings. The Labute approximate surface area is 114 Å². The minimum atomic E-state index is 0.254. The summed E-state index contributed by atoms with van der Waals surface area (Å²) in [7, 11) is 0. The van der Waals surface area contributed by atoms with E-state index in [4.69, 9.17) is 28.9 Å². The number of rotatable bonds is 1. The summed E-state index contributed by atoms with van der Waals surface area (Å²) in [5, 5.41) is 4.22. The first-order chi connectivity index (χ1) is 8.65. The quantitative estimate of drug-likeness (QED) is 0.843. The number of hydrogen-bond acceptors (Lipinski definition) is 4. The van der Waals surface area contributed by atoms with Crippen molar-refractivity contribution >= 4 is 35.0 Å². The molecule has 0 atom stereocenters. The molecule has 1 aliphatic rings. The Morgan fingerprint density at radius 2 is 2.00 bits per heavy atom. The van der Waals surface area contributed by atoms with Gasteiger partial charge in [-0.2, -0.15) is 4.98 Å². The molecule has 92 valence electrons. The van der Waals surface area contributed by atoms with Crippen LogP contribution in [0.2, 0.25) is 10.0 Å². The van der Waals surface area contributed by atoms with Gasteiger partial charge >= 0.3 is 0 Å². The van der Waals surface area contributed by atoms with Crippen molar-refractivity contribution in [2.45, 2.75) is 6.42 Å². The van der Waals surface area contributed by atoms with E-state index in [0.29, 0.717) is 10.0 Å².